The Kier molecular flexibility index (Phi) is 4.43. The van der Waals surface area contributed by atoms with Crippen molar-refractivity contribution in [2.45, 2.75) is 37.6 Å². The summed E-state index contributed by atoms with van der Waals surface area (Å²) in [5.74, 6) is -0.834. The van der Waals surface area contributed by atoms with Crippen molar-refractivity contribution in [3.8, 4) is 0 Å². The molecule has 22 heavy (non-hydrogen) atoms. The number of hydrogen-bond acceptors (Lipinski definition) is 3. The van der Waals surface area contributed by atoms with Crippen molar-refractivity contribution in [1.29, 1.82) is 0 Å². The SMILES string of the molecule is O=C(N[C@@H]1CC[C@H](C(=O)O)C1)c1cccc(C2CCOC2)c1. The highest BCUT2D eigenvalue weighted by molar-refractivity contribution is 5.94. The van der Waals surface area contributed by atoms with Crippen LogP contribution in [0.4, 0.5) is 0 Å². The van der Waals surface area contributed by atoms with Crippen molar-refractivity contribution >= 4 is 11.9 Å². The van der Waals surface area contributed by atoms with Gasteiger partial charge in [-0.05, 0) is 43.4 Å². The minimum absolute atomic E-state index is 0.0351. The first-order valence-electron chi connectivity index (χ1n) is 7.85. The molecule has 5 nitrogen and oxygen atoms in total. The van der Waals surface area contributed by atoms with Crippen LogP contribution < -0.4 is 5.32 Å². The topological polar surface area (TPSA) is 75.6 Å². The molecule has 2 fully saturated rings. The molecule has 1 saturated heterocycles. The number of rotatable bonds is 4. The van der Waals surface area contributed by atoms with Gasteiger partial charge in [0.05, 0.1) is 12.5 Å². The number of aliphatic carboxylic acids is 1. The summed E-state index contributed by atoms with van der Waals surface area (Å²) in [5, 5.41) is 12.0. The van der Waals surface area contributed by atoms with Crippen LogP contribution in [-0.2, 0) is 9.53 Å². The molecule has 0 bridgehead atoms. The van der Waals surface area contributed by atoms with E-state index in [1.807, 2.05) is 18.2 Å². The largest absolute Gasteiger partial charge is 0.481 e. The number of ether oxygens (including phenoxy) is 1. The zero-order chi connectivity index (χ0) is 15.5. The summed E-state index contributed by atoms with van der Waals surface area (Å²) in [5.41, 5.74) is 1.78. The molecule has 3 rings (SSSR count). The summed E-state index contributed by atoms with van der Waals surface area (Å²) in [7, 11) is 0. The second-order valence-electron chi connectivity index (χ2n) is 6.20. The van der Waals surface area contributed by atoms with Gasteiger partial charge in [0.1, 0.15) is 0 Å². The average Bonchev–Trinajstić information content (AvgIpc) is 3.19. The van der Waals surface area contributed by atoms with Crippen LogP contribution in [0.3, 0.4) is 0 Å². The summed E-state index contributed by atoms with van der Waals surface area (Å²) in [4.78, 5) is 23.3. The second kappa shape index (κ2) is 6.48. The smallest absolute Gasteiger partial charge is 0.306 e. The van der Waals surface area contributed by atoms with Gasteiger partial charge >= 0.3 is 5.97 Å². The first kappa shape index (κ1) is 15.0. The fourth-order valence-corrected chi connectivity index (χ4v) is 3.34. The molecule has 2 aliphatic rings. The van der Waals surface area contributed by atoms with E-state index in [2.05, 4.69) is 5.32 Å². The van der Waals surface area contributed by atoms with Gasteiger partial charge in [0.15, 0.2) is 0 Å². The summed E-state index contributed by atoms with van der Waals surface area (Å²) in [6.07, 6.45) is 2.89. The van der Waals surface area contributed by atoms with Gasteiger partial charge in [-0.25, -0.2) is 0 Å². The molecule has 1 amide bonds. The number of nitrogens with one attached hydrogen (secondary N) is 1. The van der Waals surface area contributed by atoms with Crippen molar-refractivity contribution in [2.75, 3.05) is 13.2 Å². The van der Waals surface area contributed by atoms with Crippen molar-refractivity contribution in [2.24, 2.45) is 5.92 Å². The van der Waals surface area contributed by atoms with Crippen molar-refractivity contribution in [3.63, 3.8) is 0 Å². The van der Waals surface area contributed by atoms with Crippen molar-refractivity contribution in [3.05, 3.63) is 35.4 Å². The van der Waals surface area contributed by atoms with E-state index in [9.17, 15) is 9.59 Å². The van der Waals surface area contributed by atoms with Gasteiger partial charge in [-0.3, -0.25) is 9.59 Å². The molecule has 1 aliphatic heterocycles. The van der Waals surface area contributed by atoms with Gasteiger partial charge in [-0.15, -0.1) is 0 Å². The molecular formula is C17H21NO4. The quantitative estimate of drug-likeness (QED) is 0.894. The Balaban J connectivity index is 1.63. The Morgan fingerprint density at radius 3 is 2.77 bits per heavy atom. The van der Waals surface area contributed by atoms with Crippen LogP contribution >= 0.6 is 0 Å². The number of benzene rings is 1. The predicted octanol–water partition coefficient (Wildman–Crippen LogP) is 2.17. The fraction of sp³-hybridized carbons (Fsp3) is 0.529. The molecule has 3 atom stereocenters. The zero-order valence-electron chi connectivity index (χ0n) is 12.5. The normalized spacial score (nSPS) is 27.7. The van der Waals surface area contributed by atoms with E-state index in [-0.39, 0.29) is 17.9 Å². The lowest BCUT2D eigenvalue weighted by molar-refractivity contribution is -0.141. The number of carboxylic acid groups (broad SMARTS) is 1. The molecule has 0 aromatic heterocycles. The van der Waals surface area contributed by atoms with Gasteiger partial charge in [0.2, 0.25) is 0 Å². The van der Waals surface area contributed by atoms with Gasteiger partial charge in [-0.1, -0.05) is 12.1 Å². The van der Waals surface area contributed by atoms with E-state index in [0.29, 0.717) is 30.9 Å². The summed E-state index contributed by atoms with van der Waals surface area (Å²) >= 11 is 0. The van der Waals surface area contributed by atoms with Crippen LogP contribution in [0, 0.1) is 5.92 Å². The van der Waals surface area contributed by atoms with Crippen LogP contribution in [0.15, 0.2) is 24.3 Å². The predicted molar refractivity (Wildman–Crippen MR) is 80.9 cm³/mol. The van der Waals surface area contributed by atoms with E-state index < -0.39 is 5.97 Å². The zero-order valence-corrected chi connectivity index (χ0v) is 12.5. The van der Waals surface area contributed by atoms with E-state index in [4.69, 9.17) is 9.84 Å². The first-order valence-corrected chi connectivity index (χ1v) is 7.85. The number of carbonyl (C=O) groups excluding carboxylic acids is 1. The lowest BCUT2D eigenvalue weighted by Gasteiger charge is -2.14. The standard InChI is InChI=1S/C17H21NO4/c19-16(18-15-5-4-13(9-15)17(20)21)12-3-1-2-11(8-12)14-6-7-22-10-14/h1-3,8,13-15H,4-7,9-10H2,(H,18,19)(H,20,21)/t13-,14?,15+/m0/s1. The van der Waals surface area contributed by atoms with Gasteiger partial charge in [0.25, 0.3) is 5.91 Å². The minimum atomic E-state index is -0.764. The van der Waals surface area contributed by atoms with Gasteiger partial charge < -0.3 is 15.2 Å². The summed E-state index contributed by atoms with van der Waals surface area (Å²) in [6.45, 7) is 1.49. The molecule has 1 aromatic rings. The number of amides is 1. The Morgan fingerprint density at radius 1 is 1.23 bits per heavy atom. The van der Waals surface area contributed by atoms with Gasteiger partial charge in [-0.2, -0.15) is 0 Å². The lowest BCUT2D eigenvalue weighted by atomic mass is 9.96. The number of carboxylic acids is 1. The lowest BCUT2D eigenvalue weighted by Crippen LogP contribution is -2.33. The molecular weight excluding hydrogens is 282 g/mol. The third kappa shape index (κ3) is 3.30. The Bertz CT molecular complexity index is 566. The maximum Gasteiger partial charge on any atom is 0.306 e. The van der Waals surface area contributed by atoms with Crippen LogP contribution in [0.1, 0.15) is 47.5 Å². The summed E-state index contributed by atoms with van der Waals surface area (Å²) < 4.78 is 5.40. The highest BCUT2D eigenvalue weighted by Gasteiger charge is 2.30. The molecule has 118 valence electrons. The fourth-order valence-electron chi connectivity index (χ4n) is 3.34. The van der Waals surface area contributed by atoms with Crippen LogP contribution in [0.25, 0.3) is 0 Å². The van der Waals surface area contributed by atoms with Gasteiger partial charge in [0, 0.05) is 24.1 Å². The monoisotopic (exact) mass is 303 g/mol. The maximum absolute atomic E-state index is 12.4. The molecule has 5 heteroatoms. The molecule has 1 saturated carbocycles. The Morgan fingerprint density at radius 2 is 2.09 bits per heavy atom. The van der Waals surface area contributed by atoms with Crippen molar-refractivity contribution in [1.82, 2.24) is 5.32 Å². The molecule has 1 heterocycles. The van der Waals surface area contributed by atoms with Crippen LogP contribution in [-0.4, -0.2) is 36.2 Å². The van der Waals surface area contributed by atoms with E-state index in [1.54, 1.807) is 6.07 Å². The maximum atomic E-state index is 12.4. The molecule has 0 spiro atoms. The Labute approximate surface area is 129 Å². The molecule has 1 aliphatic carbocycles. The third-order valence-electron chi connectivity index (χ3n) is 4.67. The van der Waals surface area contributed by atoms with Crippen LogP contribution in [0.5, 0.6) is 0 Å². The van der Waals surface area contributed by atoms with E-state index >= 15 is 0 Å². The third-order valence-corrected chi connectivity index (χ3v) is 4.67. The van der Waals surface area contributed by atoms with Crippen LogP contribution in [0.2, 0.25) is 0 Å². The highest BCUT2D eigenvalue weighted by Crippen LogP contribution is 2.27. The number of carbonyl (C=O) groups is 2. The average molecular weight is 303 g/mol. The second-order valence-corrected chi connectivity index (χ2v) is 6.20. The molecule has 1 aromatic carbocycles. The number of hydrogen-bond donors (Lipinski definition) is 2. The first-order chi connectivity index (χ1) is 10.6. The van der Waals surface area contributed by atoms with Crippen molar-refractivity contribution < 1.29 is 19.4 Å². The Hall–Kier alpha value is -1.88. The molecule has 2 N–H and O–H groups in total. The molecule has 1 unspecified atom stereocenters. The summed E-state index contributed by atoms with van der Waals surface area (Å²) in [6, 6.07) is 7.63. The minimum Gasteiger partial charge on any atom is -0.481 e. The van der Waals surface area contributed by atoms with E-state index in [1.165, 1.54) is 0 Å². The molecule has 0 radical (unpaired) electrons. The highest BCUT2D eigenvalue weighted by atomic mass is 16.5. The van der Waals surface area contributed by atoms with E-state index in [0.717, 1.165) is 25.0 Å².